The fourth-order valence-corrected chi connectivity index (χ4v) is 0. The SMILES string of the molecule is C=C[S-](=O)=O.[Ni]. The van der Waals surface area contributed by atoms with E-state index in [0.717, 1.165) is 5.41 Å². The molecule has 0 N–H and O–H groups in total. The summed E-state index contributed by atoms with van der Waals surface area (Å²) in [6, 6.07) is 0. The van der Waals surface area contributed by atoms with E-state index in [0.29, 0.717) is 0 Å². The van der Waals surface area contributed by atoms with Crippen LogP contribution in [0.15, 0.2) is 12.0 Å². The van der Waals surface area contributed by atoms with Gasteiger partial charge in [0.1, 0.15) is 0 Å². The molecule has 0 bridgehead atoms. The summed E-state index contributed by atoms with van der Waals surface area (Å²) in [5.74, 6) is 0. The first-order valence-corrected chi connectivity index (χ1v) is 2.12. The van der Waals surface area contributed by atoms with Crippen LogP contribution >= 0.6 is 0 Å². The van der Waals surface area contributed by atoms with Crippen molar-refractivity contribution in [3.8, 4) is 0 Å². The minimum atomic E-state index is -2.06. The maximum Gasteiger partial charge on any atom is 0 e. The van der Waals surface area contributed by atoms with Crippen LogP contribution in [0.5, 0.6) is 0 Å². The first-order chi connectivity index (χ1) is 2.27. The fourth-order valence-electron chi connectivity index (χ4n) is 0. The molecule has 0 saturated heterocycles. The summed E-state index contributed by atoms with van der Waals surface area (Å²) in [7, 11) is -2.06. The summed E-state index contributed by atoms with van der Waals surface area (Å²) in [6.45, 7) is 2.95. The normalized spacial score (nSPS) is 6.83. The van der Waals surface area contributed by atoms with Crippen molar-refractivity contribution >= 4 is 10.7 Å². The van der Waals surface area contributed by atoms with Crippen molar-refractivity contribution in [2.75, 3.05) is 0 Å². The van der Waals surface area contributed by atoms with E-state index in [2.05, 4.69) is 6.58 Å². The molecular weight excluding hydrogens is 147 g/mol. The van der Waals surface area contributed by atoms with Crippen LogP contribution in [0, 0.1) is 0 Å². The minimum absolute atomic E-state index is 0. The molecule has 0 rings (SSSR count). The first kappa shape index (κ1) is 9.49. The van der Waals surface area contributed by atoms with Gasteiger partial charge in [-0.1, -0.05) is 10.7 Å². The van der Waals surface area contributed by atoms with Crippen molar-refractivity contribution in [3.05, 3.63) is 12.0 Å². The number of hydrogen-bond acceptors (Lipinski definition) is 3. The third-order valence-electron chi connectivity index (χ3n) is 0.136. The van der Waals surface area contributed by atoms with Crippen molar-refractivity contribution < 1.29 is 24.9 Å². The Hall–Kier alpha value is 0.184. The van der Waals surface area contributed by atoms with Crippen LogP contribution in [-0.2, 0) is 35.6 Å². The Morgan fingerprint density at radius 3 is 1.67 bits per heavy atom. The molecule has 0 heterocycles. The first-order valence-electron chi connectivity index (χ1n) is 0.977. The van der Waals surface area contributed by atoms with Gasteiger partial charge in [0.25, 0.3) is 0 Å². The Bertz CT molecular complexity index is 87.7. The van der Waals surface area contributed by atoms with Gasteiger partial charge in [-0.25, -0.2) is 0 Å². The second-order valence-electron chi connectivity index (χ2n) is 0.427. The van der Waals surface area contributed by atoms with E-state index in [-0.39, 0.29) is 16.5 Å². The average Bonchev–Trinajstić information content (AvgIpc) is 1.38. The monoisotopic (exact) mass is 149 g/mol. The summed E-state index contributed by atoms with van der Waals surface area (Å²) >= 11 is 0. The third kappa shape index (κ3) is 8.89. The summed E-state index contributed by atoms with van der Waals surface area (Å²) < 4.78 is 18.5. The largest absolute Gasteiger partial charge is 0.420 e. The van der Waals surface area contributed by atoms with E-state index >= 15 is 0 Å². The second kappa shape index (κ2) is 5.18. The van der Waals surface area contributed by atoms with Crippen molar-refractivity contribution in [3.63, 3.8) is 0 Å². The van der Waals surface area contributed by atoms with Gasteiger partial charge in [0.15, 0.2) is 0 Å². The summed E-state index contributed by atoms with van der Waals surface area (Å²) in [6.07, 6.45) is 0. The van der Waals surface area contributed by atoms with Crippen LogP contribution in [0.3, 0.4) is 0 Å². The molecule has 0 radical (unpaired) electrons. The molecule has 0 saturated carbocycles. The van der Waals surface area contributed by atoms with E-state index < -0.39 is 10.7 Å². The van der Waals surface area contributed by atoms with E-state index in [4.69, 9.17) is 0 Å². The zero-order chi connectivity index (χ0) is 4.28. The molecule has 0 aromatic heterocycles. The van der Waals surface area contributed by atoms with Crippen molar-refractivity contribution in [1.29, 1.82) is 0 Å². The van der Waals surface area contributed by atoms with Crippen LogP contribution < -0.4 is 0 Å². The van der Waals surface area contributed by atoms with Crippen LogP contribution in [0.1, 0.15) is 0 Å². The number of rotatable bonds is 1. The van der Waals surface area contributed by atoms with Crippen molar-refractivity contribution in [2.24, 2.45) is 0 Å². The minimum Gasteiger partial charge on any atom is -0.420 e. The Labute approximate surface area is 48.1 Å². The smallest absolute Gasteiger partial charge is 0 e. The van der Waals surface area contributed by atoms with E-state index in [1.54, 1.807) is 0 Å². The van der Waals surface area contributed by atoms with Gasteiger partial charge in [0, 0.05) is 16.5 Å². The molecule has 0 aliphatic heterocycles. The number of hydrogen-bond donors (Lipinski definition) is 0. The quantitative estimate of drug-likeness (QED) is 0.401. The predicted octanol–water partition coefficient (Wildman–Crippen LogP) is 0.437. The Morgan fingerprint density at radius 2 is 1.67 bits per heavy atom. The molecule has 40 valence electrons. The zero-order valence-electron chi connectivity index (χ0n) is 2.83. The predicted molar refractivity (Wildman–Crippen MR) is 18.9 cm³/mol. The average molecular weight is 150 g/mol. The molecule has 0 aliphatic rings. The summed E-state index contributed by atoms with van der Waals surface area (Å²) in [4.78, 5) is 0. The molecule has 0 aromatic rings. The molecule has 4 heteroatoms. The van der Waals surface area contributed by atoms with E-state index in [9.17, 15) is 8.42 Å². The van der Waals surface area contributed by atoms with Gasteiger partial charge >= 0.3 is 0 Å². The summed E-state index contributed by atoms with van der Waals surface area (Å²) in [5, 5.41) is 0.833. The molecule has 0 aliphatic carbocycles. The molecule has 0 spiro atoms. The molecule has 0 atom stereocenters. The summed E-state index contributed by atoms with van der Waals surface area (Å²) in [5.41, 5.74) is 0. The van der Waals surface area contributed by atoms with Crippen LogP contribution in [0.25, 0.3) is 0 Å². The standard InChI is InChI=1S/C2H3O2S.Ni/c1-2-5(3)4;/h2H,1H2;/q-1;. The van der Waals surface area contributed by atoms with Crippen LogP contribution in [-0.4, -0.2) is 0 Å². The Balaban J connectivity index is 0. The zero-order valence-corrected chi connectivity index (χ0v) is 4.63. The topological polar surface area (TPSA) is 34.1 Å². The molecule has 6 heavy (non-hydrogen) atoms. The molecular formula is C2H3NiO2S-. The van der Waals surface area contributed by atoms with Gasteiger partial charge in [-0.2, -0.15) is 0 Å². The Kier molecular flexibility index (Phi) is 8.20. The van der Waals surface area contributed by atoms with Gasteiger partial charge in [-0.15, -0.1) is 12.0 Å². The van der Waals surface area contributed by atoms with E-state index in [1.807, 2.05) is 0 Å². The van der Waals surface area contributed by atoms with E-state index in [1.165, 1.54) is 0 Å². The maximum atomic E-state index is 9.25. The van der Waals surface area contributed by atoms with Crippen LogP contribution in [0.2, 0.25) is 0 Å². The molecule has 2 nitrogen and oxygen atoms in total. The maximum absolute atomic E-state index is 9.25. The second-order valence-corrected chi connectivity index (χ2v) is 1.28. The third-order valence-corrected chi connectivity index (χ3v) is 0.408. The van der Waals surface area contributed by atoms with Gasteiger partial charge in [0.2, 0.25) is 0 Å². The molecule has 0 fully saturated rings. The van der Waals surface area contributed by atoms with Gasteiger partial charge < -0.3 is 8.42 Å². The molecule has 0 unspecified atom stereocenters. The van der Waals surface area contributed by atoms with Crippen molar-refractivity contribution in [1.82, 2.24) is 0 Å². The van der Waals surface area contributed by atoms with Gasteiger partial charge in [-0.05, 0) is 0 Å². The van der Waals surface area contributed by atoms with Gasteiger partial charge in [0.05, 0.1) is 0 Å². The molecule has 0 aromatic carbocycles. The van der Waals surface area contributed by atoms with Gasteiger partial charge in [-0.3, -0.25) is 0 Å². The fraction of sp³-hybridized carbons (Fsp3) is 0. The Morgan fingerprint density at radius 1 is 1.50 bits per heavy atom. The van der Waals surface area contributed by atoms with Crippen molar-refractivity contribution in [2.45, 2.75) is 0 Å². The molecule has 0 amide bonds. The van der Waals surface area contributed by atoms with Crippen LogP contribution in [0.4, 0.5) is 0 Å².